The molecule has 40 heavy (non-hydrogen) atoms. The van der Waals surface area contributed by atoms with Crippen molar-refractivity contribution in [2.45, 2.75) is 50.1 Å². The molecule has 7 nitrogen and oxygen atoms in total. The van der Waals surface area contributed by atoms with E-state index in [9.17, 15) is 18.0 Å². The highest BCUT2D eigenvalue weighted by molar-refractivity contribution is 7.92. The van der Waals surface area contributed by atoms with E-state index >= 15 is 0 Å². The van der Waals surface area contributed by atoms with Crippen LogP contribution in [0.15, 0.2) is 95.9 Å². The summed E-state index contributed by atoms with van der Waals surface area (Å²) < 4.78 is 39.1. The predicted molar refractivity (Wildman–Crippen MR) is 153 cm³/mol. The molecule has 1 aliphatic heterocycles. The van der Waals surface area contributed by atoms with Gasteiger partial charge in [-0.05, 0) is 44.0 Å². The second-order valence-corrected chi connectivity index (χ2v) is 12.1. The van der Waals surface area contributed by atoms with Gasteiger partial charge >= 0.3 is 5.97 Å². The van der Waals surface area contributed by atoms with E-state index in [0.717, 1.165) is 22.3 Å². The van der Waals surface area contributed by atoms with Gasteiger partial charge in [-0.1, -0.05) is 83.9 Å². The largest absolute Gasteiger partial charge is 0.463 e. The minimum Gasteiger partial charge on any atom is -0.463 e. The van der Waals surface area contributed by atoms with Gasteiger partial charge in [0.1, 0.15) is 0 Å². The zero-order valence-electron chi connectivity index (χ0n) is 23.0. The van der Waals surface area contributed by atoms with Gasteiger partial charge in [-0.2, -0.15) is 0 Å². The molecule has 8 heteroatoms. The molecule has 0 aromatic heterocycles. The summed E-state index contributed by atoms with van der Waals surface area (Å²) in [4.78, 5) is 27.9. The smallest absolute Gasteiger partial charge is 0.330 e. The minimum absolute atomic E-state index is 0.00137. The zero-order valence-corrected chi connectivity index (χ0v) is 23.8. The van der Waals surface area contributed by atoms with Gasteiger partial charge in [0.05, 0.1) is 30.8 Å². The molecular weight excluding hydrogens is 526 g/mol. The average Bonchev–Trinajstić information content (AvgIpc) is 3.20. The van der Waals surface area contributed by atoms with E-state index in [0.29, 0.717) is 0 Å². The summed E-state index contributed by atoms with van der Waals surface area (Å²) in [7, 11) is -4.08. The third-order valence-electron chi connectivity index (χ3n) is 7.01. The first-order valence-corrected chi connectivity index (χ1v) is 14.9. The molecule has 0 N–H and O–H groups in total. The third kappa shape index (κ3) is 6.87. The van der Waals surface area contributed by atoms with Gasteiger partial charge in [-0.3, -0.25) is 4.79 Å². The number of hydrogen-bond acceptors (Lipinski definition) is 6. The third-order valence-corrected chi connectivity index (χ3v) is 9.16. The molecule has 3 aromatic carbocycles. The van der Waals surface area contributed by atoms with Crippen molar-refractivity contribution in [1.82, 2.24) is 4.90 Å². The lowest BCUT2D eigenvalue weighted by Crippen LogP contribution is -2.36. The zero-order chi connectivity index (χ0) is 28.7. The number of carbonyl (C=O) groups is 2. The van der Waals surface area contributed by atoms with Crippen molar-refractivity contribution in [1.29, 1.82) is 0 Å². The molecule has 1 amide bonds. The summed E-state index contributed by atoms with van der Waals surface area (Å²) in [6.45, 7) is 6.20. The number of benzene rings is 3. The van der Waals surface area contributed by atoms with Gasteiger partial charge in [0.25, 0.3) is 0 Å². The van der Waals surface area contributed by atoms with Gasteiger partial charge in [0.15, 0.2) is 15.1 Å². The van der Waals surface area contributed by atoms with Gasteiger partial charge in [0.2, 0.25) is 5.91 Å². The second-order valence-electron chi connectivity index (χ2n) is 10.00. The normalized spacial score (nSPS) is 19.3. The molecule has 4 rings (SSSR count). The van der Waals surface area contributed by atoms with Crippen LogP contribution in [0, 0.1) is 19.8 Å². The summed E-state index contributed by atoms with van der Waals surface area (Å²) in [5.74, 6) is -1.84. The summed E-state index contributed by atoms with van der Waals surface area (Å²) in [5.41, 5.74) is 3.77. The molecule has 3 aromatic rings. The Bertz CT molecular complexity index is 1430. The lowest BCUT2D eigenvalue weighted by atomic mass is 10.00. The standard InChI is InChI=1S/C32H35NO6S/c1-4-39-30(34)19-18-29-28(22-38-21-26-8-6-5-7-9-26)31(40(36,37)27-16-12-24(3)13-17-27)32(35)33(29)20-25-14-10-23(2)11-15-25/h5-19,28-29,31H,4,20-22H2,1-3H3/b19-18+/t28-,29-,31+/m0/s1. The Labute approximate surface area is 236 Å². The number of rotatable bonds is 11. The molecule has 0 bridgehead atoms. The van der Waals surface area contributed by atoms with Crippen LogP contribution in [0.1, 0.15) is 29.2 Å². The molecule has 0 aliphatic carbocycles. The number of likely N-dealkylation sites (tertiary alicyclic amines) is 1. The van der Waals surface area contributed by atoms with E-state index in [4.69, 9.17) is 9.47 Å². The molecule has 1 aliphatic rings. The van der Waals surface area contributed by atoms with Crippen molar-refractivity contribution in [3.8, 4) is 0 Å². The Hall–Kier alpha value is -3.75. The number of ether oxygens (including phenoxy) is 2. The topological polar surface area (TPSA) is 90.0 Å². The van der Waals surface area contributed by atoms with E-state index < -0.39 is 38.9 Å². The molecule has 0 radical (unpaired) electrons. The fourth-order valence-electron chi connectivity index (χ4n) is 4.90. The first kappa shape index (κ1) is 29.2. The molecule has 1 fully saturated rings. The number of amides is 1. The van der Waals surface area contributed by atoms with Crippen LogP contribution in [0.25, 0.3) is 0 Å². The summed E-state index contributed by atoms with van der Waals surface area (Å²) in [6.07, 6.45) is 2.85. The quantitative estimate of drug-likeness (QED) is 0.247. The van der Waals surface area contributed by atoms with E-state index in [2.05, 4.69) is 0 Å². The van der Waals surface area contributed by atoms with Crippen LogP contribution in [0.4, 0.5) is 0 Å². The van der Waals surface area contributed by atoms with Crippen molar-refractivity contribution >= 4 is 21.7 Å². The van der Waals surface area contributed by atoms with Crippen LogP contribution in [-0.2, 0) is 42.1 Å². The maximum atomic E-state index is 14.0. The number of sulfone groups is 1. The van der Waals surface area contributed by atoms with Crippen molar-refractivity contribution in [3.05, 3.63) is 113 Å². The van der Waals surface area contributed by atoms with E-state index in [1.165, 1.54) is 23.1 Å². The van der Waals surface area contributed by atoms with Crippen molar-refractivity contribution in [3.63, 3.8) is 0 Å². The first-order valence-electron chi connectivity index (χ1n) is 13.3. The first-order chi connectivity index (χ1) is 19.2. The fourth-order valence-corrected chi connectivity index (χ4v) is 6.81. The number of carbonyl (C=O) groups excluding carboxylic acids is 2. The van der Waals surface area contributed by atoms with Crippen LogP contribution < -0.4 is 0 Å². The Balaban J connectivity index is 1.74. The maximum Gasteiger partial charge on any atom is 0.330 e. The highest BCUT2D eigenvalue weighted by Crippen LogP contribution is 2.36. The molecule has 0 saturated carbocycles. The molecule has 1 saturated heterocycles. The van der Waals surface area contributed by atoms with Crippen LogP contribution in [0.5, 0.6) is 0 Å². The van der Waals surface area contributed by atoms with Crippen LogP contribution >= 0.6 is 0 Å². The number of esters is 1. The number of aryl methyl sites for hydroxylation is 2. The molecular formula is C32H35NO6S. The molecule has 210 valence electrons. The van der Waals surface area contributed by atoms with Gasteiger partial charge in [0, 0.05) is 18.5 Å². The monoisotopic (exact) mass is 561 g/mol. The maximum absolute atomic E-state index is 14.0. The second kappa shape index (κ2) is 13.1. The van der Waals surface area contributed by atoms with Gasteiger partial charge < -0.3 is 14.4 Å². The summed E-state index contributed by atoms with van der Waals surface area (Å²) in [6, 6.07) is 23.1. The molecule has 1 heterocycles. The lowest BCUT2D eigenvalue weighted by molar-refractivity contribution is -0.137. The van der Waals surface area contributed by atoms with E-state index in [1.807, 2.05) is 68.4 Å². The van der Waals surface area contributed by atoms with Crippen molar-refractivity contribution < 1.29 is 27.5 Å². The Morgan fingerprint density at radius 1 is 0.900 bits per heavy atom. The average molecular weight is 562 g/mol. The Kier molecular flexibility index (Phi) is 9.55. The number of hydrogen-bond donors (Lipinski definition) is 0. The fraction of sp³-hybridized carbons (Fsp3) is 0.312. The van der Waals surface area contributed by atoms with Crippen molar-refractivity contribution in [2.24, 2.45) is 5.92 Å². The SMILES string of the molecule is CCOC(=O)/C=C/[C@H]1[C@H](COCc2ccccc2)[C@@H](S(=O)(=O)c2ccc(C)cc2)C(=O)N1Cc1ccc(C)cc1. The van der Waals surface area contributed by atoms with Gasteiger partial charge in [-0.15, -0.1) is 0 Å². The molecule has 0 spiro atoms. The van der Waals surface area contributed by atoms with E-state index in [-0.39, 0.29) is 31.3 Å². The lowest BCUT2D eigenvalue weighted by Gasteiger charge is -2.26. The Morgan fingerprint density at radius 3 is 2.15 bits per heavy atom. The summed E-state index contributed by atoms with van der Waals surface area (Å²) in [5, 5.41) is -1.38. The van der Waals surface area contributed by atoms with Crippen LogP contribution in [0.2, 0.25) is 0 Å². The Morgan fingerprint density at radius 2 is 1.52 bits per heavy atom. The number of nitrogens with zero attached hydrogens (tertiary/aromatic N) is 1. The van der Waals surface area contributed by atoms with Crippen molar-refractivity contribution in [2.75, 3.05) is 13.2 Å². The summed E-state index contributed by atoms with van der Waals surface area (Å²) >= 11 is 0. The molecule has 0 unspecified atom stereocenters. The van der Waals surface area contributed by atoms with E-state index in [1.54, 1.807) is 25.1 Å². The highest BCUT2D eigenvalue weighted by Gasteiger charge is 2.53. The molecule has 3 atom stereocenters. The van der Waals surface area contributed by atoms with Crippen LogP contribution in [-0.4, -0.2) is 49.7 Å². The predicted octanol–water partition coefficient (Wildman–Crippen LogP) is 4.81. The van der Waals surface area contributed by atoms with Crippen LogP contribution in [0.3, 0.4) is 0 Å². The minimum atomic E-state index is -4.08. The highest BCUT2D eigenvalue weighted by atomic mass is 32.2. The van der Waals surface area contributed by atoms with Gasteiger partial charge in [-0.25, -0.2) is 13.2 Å².